The lowest BCUT2D eigenvalue weighted by atomic mass is 10.1. The molecule has 180 valence electrons. The molecule has 1 aromatic carbocycles. The molecule has 1 heterocycles. The minimum Gasteiger partial charge on any atom is -0.494 e. The van der Waals surface area contributed by atoms with Crippen molar-refractivity contribution in [1.82, 2.24) is 9.97 Å². The summed E-state index contributed by atoms with van der Waals surface area (Å²) in [6, 6.07) is 7.83. The Morgan fingerprint density at radius 2 is 1.42 bits per heavy atom. The van der Waals surface area contributed by atoms with Gasteiger partial charge in [-0.15, -0.1) is 0 Å². The number of aromatic nitrogens is 2. The van der Waals surface area contributed by atoms with E-state index < -0.39 is 0 Å². The summed E-state index contributed by atoms with van der Waals surface area (Å²) in [5, 5.41) is 0. The van der Waals surface area contributed by atoms with Crippen LogP contribution in [0.3, 0.4) is 0 Å². The summed E-state index contributed by atoms with van der Waals surface area (Å²) in [4.78, 5) is 20.8. The molecule has 5 nitrogen and oxygen atoms in total. The quantitative estimate of drug-likeness (QED) is 0.208. The largest absolute Gasteiger partial charge is 0.494 e. The number of ether oxygens (including phenoxy) is 2. The maximum atomic E-state index is 12.1. The Bertz CT molecular complexity index is 846. The third-order valence-corrected chi connectivity index (χ3v) is 6.52. The summed E-state index contributed by atoms with van der Waals surface area (Å²) in [7, 11) is 0. The van der Waals surface area contributed by atoms with Crippen molar-refractivity contribution in [3.63, 3.8) is 0 Å². The second-order valence-electron chi connectivity index (χ2n) is 9.96. The Hall–Kier alpha value is -2.43. The summed E-state index contributed by atoms with van der Waals surface area (Å²) >= 11 is 0. The molecule has 1 aliphatic carbocycles. The van der Waals surface area contributed by atoms with Gasteiger partial charge in [0.15, 0.2) is 11.6 Å². The Morgan fingerprint density at radius 1 is 0.879 bits per heavy atom. The normalized spacial score (nSPS) is 16.4. The third-order valence-electron chi connectivity index (χ3n) is 6.52. The second kappa shape index (κ2) is 12.7. The molecule has 1 fully saturated rings. The van der Waals surface area contributed by atoms with Crippen molar-refractivity contribution in [2.24, 2.45) is 11.3 Å². The molecule has 5 heteroatoms. The Morgan fingerprint density at radius 3 is 1.97 bits per heavy atom. The van der Waals surface area contributed by atoms with Crippen LogP contribution < -0.4 is 9.47 Å². The van der Waals surface area contributed by atoms with Crippen LogP contribution in [0.1, 0.15) is 91.4 Å². The zero-order valence-corrected chi connectivity index (χ0v) is 20.6. The van der Waals surface area contributed by atoms with Gasteiger partial charge in [0, 0.05) is 5.56 Å². The highest BCUT2D eigenvalue weighted by Crippen LogP contribution is 2.52. The molecule has 1 saturated carbocycles. The molecule has 0 spiro atoms. The van der Waals surface area contributed by atoms with Gasteiger partial charge in [-0.25, -0.2) is 9.97 Å². The van der Waals surface area contributed by atoms with Gasteiger partial charge in [-0.3, -0.25) is 4.79 Å². The molecule has 1 aliphatic rings. The van der Waals surface area contributed by atoms with Crippen molar-refractivity contribution in [1.29, 1.82) is 0 Å². The van der Waals surface area contributed by atoms with E-state index >= 15 is 0 Å². The summed E-state index contributed by atoms with van der Waals surface area (Å²) in [6.45, 7) is 7.16. The van der Waals surface area contributed by atoms with Crippen molar-refractivity contribution < 1.29 is 14.3 Å². The van der Waals surface area contributed by atoms with Crippen molar-refractivity contribution in [2.75, 3.05) is 6.61 Å². The second-order valence-corrected chi connectivity index (χ2v) is 9.96. The van der Waals surface area contributed by atoms with Gasteiger partial charge in [0.2, 0.25) is 0 Å². The molecule has 33 heavy (non-hydrogen) atoms. The molecule has 1 unspecified atom stereocenters. The van der Waals surface area contributed by atoms with Crippen LogP contribution in [0, 0.1) is 11.3 Å². The lowest BCUT2D eigenvalue weighted by Crippen LogP contribution is -2.13. The number of unbranched alkanes of at least 4 members (excludes halogenated alkanes) is 9. The minimum absolute atomic E-state index is 0.0231. The number of esters is 1. The first kappa shape index (κ1) is 25.2. The van der Waals surface area contributed by atoms with E-state index in [1.165, 1.54) is 57.8 Å². The molecular weight excluding hydrogens is 412 g/mol. The van der Waals surface area contributed by atoms with Gasteiger partial charge in [-0.2, -0.15) is 0 Å². The van der Waals surface area contributed by atoms with E-state index in [2.05, 4.69) is 30.7 Å². The standard InChI is InChI=1S/C28H40N2O3/c1-4-5-6-7-8-9-10-11-12-13-18-32-23-16-14-22(15-17-23)26-29-20-24(21-30-26)33-27(31)25-19-28(25,2)3/h14-17,20-21,25H,4-13,18-19H2,1-3H3. The van der Waals surface area contributed by atoms with Crippen LogP contribution in [-0.4, -0.2) is 22.5 Å². The average molecular weight is 453 g/mol. The fourth-order valence-corrected chi connectivity index (χ4v) is 4.05. The lowest BCUT2D eigenvalue weighted by Gasteiger charge is -2.08. The molecule has 0 N–H and O–H groups in total. The van der Waals surface area contributed by atoms with Crippen LogP contribution in [0.25, 0.3) is 11.4 Å². The van der Waals surface area contributed by atoms with E-state index in [9.17, 15) is 4.79 Å². The molecule has 0 bridgehead atoms. The highest BCUT2D eigenvalue weighted by atomic mass is 16.5. The van der Waals surface area contributed by atoms with Gasteiger partial charge >= 0.3 is 5.97 Å². The monoisotopic (exact) mass is 452 g/mol. The van der Waals surface area contributed by atoms with Gasteiger partial charge in [0.1, 0.15) is 5.75 Å². The summed E-state index contributed by atoms with van der Waals surface area (Å²) in [6.07, 6.45) is 17.2. The Labute approximate surface area is 199 Å². The average Bonchev–Trinajstić information content (AvgIpc) is 3.47. The lowest BCUT2D eigenvalue weighted by molar-refractivity contribution is -0.136. The third kappa shape index (κ3) is 8.45. The molecule has 1 aromatic heterocycles. The first-order valence-electron chi connectivity index (χ1n) is 12.8. The first-order chi connectivity index (χ1) is 16.0. The Balaban J connectivity index is 1.31. The molecular formula is C28H40N2O3. The number of benzene rings is 1. The fraction of sp³-hybridized carbons (Fsp3) is 0.607. The highest BCUT2D eigenvalue weighted by molar-refractivity contribution is 5.78. The topological polar surface area (TPSA) is 61.3 Å². The molecule has 0 radical (unpaired) electrons. The van der Waals surface area contributed by atoms with Gasteiger partial charge in [0.25, 0.3) is 0 Å². The number of rotatable bonds is 15. The van der Waals surface area contributed by atoms with Crippen LogP contribution in [-0.2, 0) is 4.79 Å². The summed E-state index contributed by atoms with van der Waals surface area (Å²) < 4.78 is 11.3. The van der Waals surface area contributed by atoms with Gasteiger partial charge in [-0.1, -0.05) is 78.6 Å². The smallest absolute Gasteiger partial charge is 0.315 e. The zero-order chi connectivity index (χ0) is 23.5. The van der Waals surface area contributed by atoms with Crippen molar-refractivity contribution in [3.05, 3.63) is 36.7 Å². The van der Waals surface area contributed by atoms with Gasteiger partial charge in [-0.05, 0) is 42.5 Å². The van der Waals surface area contributed by atoms with Gasteiger partial charge in [0.05, 0.1) is 24.9 Å². The van der Waals surface area contributed by atoms with E-state index in [1.807, 2.05) is 24.3 Å². The molecule has 1 atom stereocenters. The molecule has 3 rings (SSSR count). The fourth-order valence-electron chi connectivity index (χ4n) is 4.05. The predicted octanol–water partition coefficient (Wildman–Crippen LogP) is 7.39. The van der Waals surface area contributed by atoms with Crippen LogP contribution in [0.5, 0.6) is 11.5 Å². The molecule has 0 aliphatic heterocycles. The number of hydrogen-bond acceptors (Lipinski definition) is 5. The maximum Gasteiger partial charge on any atom is 0.315 e. The van der Waals surface area contributed by atoms with Gasteiger partial charge < -0.3 is 9.47 Å². The molecule has 2 aromatic rings. The van der Waals surface area contributed by atoms with E-state index in [-0.39, 0.29) is 17.3 Å². The number of carbonyl (C=O) groups is 1. The number of hydrogen-bond donors (Lipinski definition) is 0. The first-order valence-corrected chi connectivity index (χ1v) is 12.8. The van der Waals surface area contributed by atoms with E-state index in [1.54, 1.807) is 12.4 Å². The van der Waals surface area contributed by atoms with E-state index in [0.717, 1.165) is 30.8 Å². The van der Waals surface area contributed by atoms with Crippen molar-refractivity contribution in [2.45, 2.75) is 91.4 Å². The summed E-state index contributed by atoms with van der Waals surface area (Å²) in [5.41, 5.74) is 0.956. The van der Waals surface area contributed by atoms with Crippen LogP contribution in [0.15, 0.2) is 36.7 Å². The molecule has 0 amide bonds. The highest BCUT2D eigenvalue weighted by Gasteiger charge is 2.52. The maximum absolute atomic E-state index is 12.1. The number of carbonyl (C=O) groups excluding carboxylic acids is 1. The Kier molecular flexibility index (Phi) is 9.71. The summed E-state index contributed by atoms with van der Waals surface area (Å²) in [5.74, 6) is 1.64. The van der Waals surface area contributed by atoms with Crippen molar-refractivity contribution >= 4 is 5.97 Å². The minimum atomic E-state index is -0.194. The molecule has 0 saturated heterocycles. The number of nitrogens with zero attached hydrogens (tertiary/aromatic N) is 2. The SMILES string of the molecule is CCCCCCCCCCCCOc1ccc(-c2ncc(OC(=O)C3CC3(C)C)cn2)cc1. The predicted molar refractivity (Wildman–Crippen MR) is 132 cm³/mol. The van der Waals surface area contributed by atoms with E-state index in [4.69, 9.17) is 9.47 Å². The van der Waals surface area contributed by atoms with Crippen LogP contribution >= 0.6 is 0 Å². The van der Waals surface area contributed by atoms with E-state index in [0.29, 0.717) is 11.6 Å². The van der Waals surface area contributed by atoms with Crippen LogP contribution in [0.2, 0.25) is 0 Å². The van der Waals surface area contributed by atoms with Crippen LogP contribution in [0.4, 0.5) is 0 Å². The zero-order valence-electron chi connectivity index (χ0n) is 20.6. The van der Waals surface area contributed by atoms with Crippen molar-refractivity contribution in [3.8, 4) is 22.9 Å².